The number of likely N-dealkylation sites (tertiary alicyclic amines) is 1. The molecule has 0 aliphatic carbocycles. The van der Waals surface area contributed by atoms with Crippen LogP contribution in [0.5, 0.6) is 0 Å². The summed E-state index contributed by atoms with van der Waals surface area (Å²) in [5.74, 6) is 0.560. The summed E-state index contributed by atoms with van der Waals surface area (Å²) in [5, 5.41) is 0. The molecule has 0 amide bonds. The van der Waals surface area contributed by atoms with Gasteiger partial charge in [0.15, 0.2) is 0 Å². The molecule has 1 aliphatic rings. The van der Waals surface area contributed by atoms with Gasteiger partial charge in [-0.25, -0.2) is 4.39 Å². The predicted octanol–water partition coefficient (Wildman–Crippen LogP) is 4.17. The van der Waals surface area contributed by atoms with Crippen LogP contribution in [0.4, 0.5) is 4.39 Å². The molecule has 1 aromatic carbocycles. The lowest BCUT2D eigenvalue weighted by atomic mass is 9.93. The zero-order chi connectivity index (χ0) is 13.1. The molecule has 0 radical (unpaired) electrons. The van der Waals surface area contributed by atoms with Crippen LogP contribution in [0.2, 0.25) is 0 Å². The Hall–Kier alpha value is -1.15. The van der Waals surface area contributed by atoms with Gasteiger partial charge in [0.05, 0.1) is 0 Å². The summed E-state index contributed by atoms with van der Waals surface area (Å²) < 4.78 is 13.8. The van der Waals surface area contributed by atoms with E-state index in [4.69, 9.17) is 0 Å². The number of rotatable bonds is 2. The average Bonchev–Trinajstić information content (AvgIpc) is 2.37. The van der Waals surface area contributed by atoms with E-state index in [1.807, 2.05) is 12.1 Å². The van der Waals surface area contributed by atoms with Crippen LogP contribution in [-0.2, 0) is 0 Å². The molecule has 1 saturated heterocycles. The fourth-order valence-corrected chi connectivity index (χ4v) is 2.82. The second-order valence-electron chi connectivity index (χ2n) is 5.38. The molecule has 1 aromatic rings. The Morgan fingerprint density at radius 1 is 1.39 bits per heavy atom. The number of hydrogen-bond acceptors (Lipinski definition) is 1. The van der Waals surface area contributed by atoms with Gasteiger partial charge in [0.25, 0.3) is 0 Å². The van der Waals surface area contributed by atoms with Crippen LogP contribution in [0.3, 0.4) is 0 Å². The van der Waals surface area contributed by atoms with Gasteiger partial charge in [-0.3, -0.25) is 4.90 Å². The Morgan fingerprint density at radius 3 is 2.78 bits per heavy atom. The number of allylic oxidation sites excluding steroid dienone is 1. The van der Waals surface area contributed by atoms with Gasteiger partial charge in [0, 0.05) is 24.7 Å². The van der Waals surface area contributed by atoms with Gasteiger partial charge >= 0.3 is 0 Å². The van der Waals surface area contributed by atoms with Gasteiger partial charge in [-0.2, -0.15) is 0 Å². The zero-order valence-electron chi connectivity index (χ0n) is 11.5. The van der Waals surface area contributed by atoms with Gasteiger partial charge in [0.2, 0.25) is 0 Å². The van der Waals surface area contributed by atoms with Crippen molar-refractivity contribution in [3.05, 3.63) is 47.3 Å². The van der Waals surface area contributed by atoms with E-state index in [1.165, 1.54) is 12.0 Å². The number of hydrogen-bond donors (Lipinski definition) is 0. The first-order valence-corrected chi connectivity index (χ1v) is 6.74. The van der Waals surface area contributed by atoms with Crippen molar-refractivity contribution in [2.24, 2.45) is 5.92 Å². The summed E-state index contributed by atoms with van der Waals surface area (Å²) in [7, 11) is 0. The maximum atomic E-state index is 13.8. The van der Waals surface area contributed by atoms with E-state index in [0.29, 0.717) is 5.92 Å². The molecule has 1 aliphatic heterocycles. The van der Waals surface area contributed by atoms with Gasteiger partial charge in [-0.15, -0.1) is 0 Å². The summed E-state index contributed by atoms with van der Waals surface area (Å²) in [5.41, 5.74) is 2.28. The fourth-order valence-electron chi connectivity index (χ4n) is 2.82. The van der Waals surface area contributed by atoms with Crippen molar-refractivity contribution in [2.45, 2.75) is 33.2 Å². The van der Waals surface area contributed by atoms with Crippen LogP contribution in [0.1, 0.15) is 38.8 Å². The third-order valence-corrected chi connectivity index (χ3v) is 3.87. The van der Waals surface area contributed by atoms with E-state index in [-0.39, 0.29) is 11.9 Å². The minimum atomic E-state index is -0.0924. The molecular weight excluding hydrogens is 225 g/mol. The smallest absolute Gasteiger partial charge is 0.127 e. The standard InChI is InChI=1S/C16H22FN/c1-4-14-9-12(2)10-18(11-14)13(3)15-7-5-6-8-16(15)17/h4-8,12-13H,9-11H2,1-3H3/b14-4+/t12?,13-/m0/s1. The summed E-state index contributed by atoms with van der Waals surface area (Å²) in [4.78, 5) is 2.38. The van der Waals surface area contributed by atoms with Gasteiger partial charge in [-0.1, -0.05) is 36.8 Å². The molecule has 1 unspecified atom stereocenters. The maximum Gasteiger partial charge on any atom is 0.127 e. The Labute approximate surface area is 109 Å². The molecule has 1 heterocycles. The lowest BCUT2D eigenvalue weighted by Gasteiger charge is -2.37. The normalized spacial score (nSPS) is 25.3. The third-order valence-electron chi connectivity index (χ3n) is 3.87. The summed E-state index contributed by atoms with van der Waals surface area (Å²) in [6, 6.07) is 7.26. The van der Waals surface area contributed by atoms with Crippen LogP contribution in [0.15, 0.2) is 35.9 Å². The monoisotopic (exact) mass is 247 g/mol. The minimum Gasteiger partial charge on any atom is -0.292 e. The largest absolute Gasteiger partial charge is 0.292 e. The fraction of sp³-hybridized carbons (Fsp3) is 0.500. The van der Waals surface area contributed by atoms with Crippen LogP contribution >= 0.6 is 0 Å². The van der Waals surface area contributed by atoms with E-state index in [9.17, 15) is 4.39 Å². The maximum absolute atomic E-state index is 13.8. The van der Waals surface area contributed by atoms with Gasteiger partial charge in [0.1, 0.15) is 5.82 Å². The van der Waals surface area contributed by atoms with E-state index >= 15 is 0 Å². The first kappa shape index (κ1) is 13.3. The number of benzene rings is 1. The lowest BCUT2D eigenvalue weighted by Crippen LogP contribution is -2.37. The van der Waals surface area contributed by atoms with E-state index in [2.05, 4.69) is 31.7 Å². The second-order valence-corrected chi connectivity index (χ2v) is 5.38. The van der Waals surface area contributed by atoms with Crippen LogP contribution in [0.25, 0.3) is 0 Å². The van der Waals surface area contributed by atoms with Crippen LogP contribution in [-0.4, -0.2) is 18.0 Å². The van der Waals surface area contributed by atoms with Crippen molar-refractivity contribution >= 4 is 0 Å². The molecule has 98 valence electrons. The van der Waals surface area contributed by atoms with Crippen molar-refractivity contribution in [3.63, 3.8) is 0 Å². The van der Waals surface area contributed by atoms with Crippen molar-refractivity contribution in [1.82, 2.24) is 4.90 Å². The Kier molecular flexibility index (Phi) is 4.18. The quantitative estimate of drug-likeness (QED) is 0.709. The molecule has 2 rings (SSSR count). The molecule has 0 saturated carbocycles. The highest BCUT2D eigenvalue weighted by Crippen LogP contribution is 2.29. The van der Waals surface area contributed by atoms with Crippen molar-refractivity contribution in [2.75, 3.05) is 13.1 Å². The van der Waals surface area contributed by atoms with E-state index in [0.717, 1.165) is 18.7 Å². The molecule has 2 atom stereocenters. The highest BCUT2D eigenvalue weighted by atomic mass is 19.1. The minimum absolute atomic E-state index is 0.0924. The SMILES string of the molecule is C/C=C1\CC(C)CN([C@@H](C)c2ccccc2F)C1. The molecule has 0 N–H and O–H groups in total. The molecule has 18 heavy (non-hydrogen) atoms. The number of halogens is 1. The lowest BCUT2D eigenvalue weighted by molar-refractivity contribution is 0.167. The van der Waals surface area contributed by atoms with Gasteiger partial charge < -0.3 is 0 Å². The Balaban J connectivity index is 2.18. The van der Waals surface area contributed by atoms with Crippen molar-refractivity contribution in [1.29, 1.82) is 0 Å². The number of piperidine rings is 1. The Bertz CT molecular complexity index is 438. The summed E-state index contributed by atoms with van der Waals surface area (Å²) in [6.45, 7) is 8.48. The first-order chi connectivity index (χ1) is 8.61. The summed E-state index contributed by atoms with van der Waals surface area (Å²) >= 11 is 0. The Morgan fingerprint density at radius 2 is 2.11 bits per heavy atom. The number of nitrogens with zero attached hydrogens (tertiary/aromatic N) is 1. The van der Waals surface area contributed by atoms with Crippen molar-refractivity contribution in [3.8, 4) is 0 Å². The molecule has 0 bridgehead atoms. The van der Waals surface area contributed by atoms with Crippen LogP contribution < -0.4 is 0 Å². The topological polar surface area (TPSA) is 3.24 Å². The second kappa shape index (κ2) is 5.66. The molecular formula is C16H22FN. The molecule has 0 spiro atoms. The van der Waals surface area contributed by atoms with Crippen LogP contribution in [0, 0.1) is 11.7 Å². The summed E-state index contributed by atoms with van der Waals surface area (Å²) in [6.07, 6.45) is 3.38. The van der Waals surface area contributed by atoms with Crippen molar-refractivity contribution < 1.29 is 4.39 Å². The average molecular weight is 247 g/mol. The molecule has 2 heteroatoms. The highest BCUT2D eigenvalue weighted by molar-refractivity contribution is 5.22. The third kappa shape index (κ3) is 2.81. The van der Waals surface area contributed by atoms with Gasteiger partial charge in [-0.05, 0) is 32.3 Å². The molecule has 1 fully saturated rings. The molecule has 0 aromatic heterocycles. The highest BCUT2D eigenvalue weighted by Gasteiger charge is 2.25. The molecule has 1 nitrogen and oxygen atoms in total. The first-order valence-electron chi connectivity index (χ1n) is 6.74. The zero-order valence-corrected chi connectivity index (χ0v) is 11.5. The van der Waals surface area contributed by atoms with E-state index in [1.54, 1.807) is 12.1 Å². The predicted molar refractivity (Wildman–Crippen MR) is 73.9 cm³/mol. The van der Waals surface area contributed by atoms with E-state index < -0.39 is 0 Å².